The van der Waals surface area contributed by atoms with Crippen molar-refractivity contribution in [3.8, 4) is 0 Å². The molecule has 2 nitrogen and oxygen atoms in total. The van der Waals surface area contributed by atoms with Crippen molar-refractivity contribution in [1.82, 2.24) is 4.90 Å². The summed E-state index contributed by atoms with van der Waals surface area (Å²) < 4.78 is 26.2. The van der Waals surface area contributed by atoms with Gasteiger partial charge in [0.25, 0.3) is 0 Å². The van der Waals surface area contributed by atoms with E-state index in [0.29, 0.717) is 24.2 Å². The quantitative estimate of drug-likeness (QED) is 0.744. The molecule has 0 aliphatic carbocycles. The van der Waals surface area contributed by atoms with Crippen LogP contribution in [0.2, 0.25) is 0 Å². The molecule has 3 rings (SSSR count). The van der Waals surface area contributed by atoms with Gasteiger partial charge in [0.1, 0.15) is 11.6 Å². The summed E-state index contributed by atoms with van der Waals surface area (Å²) in [6, 6.07) is 12.5. The minimum Gasteiger partial charge on any atom is -0.292 e. The van der Waals surface area contributed by atoms with Crippen LogP contribution in [0.5, 0.6) is 0 Å². The van der Waals surface area contributed by atoms with Gasteiger partial charge in [-0.25, -0.2) is 8.78 Å². The van der Waals surface area contributed by atoms with Crippen LogP contribution >= 0.6 is 0 Å². The molecule has 0 aromatic heterocycles. The van der Waals surface area contributed by atoms with Crippen LogP contribution in [0.15, 0.2) is 59.7 Å². The van der Waals surface area contributed by atoms with Crippen LogP contribution in [0, 0.1) is 11.6 Å². The zero-order chi connectivity index (χ0) is 18.7. The third-order valence-electron chi connectivity index (χ3n) is 4.48. The number of piperidine rings is 1. The summed E-state index contributed by atoms with van der Waals surface area (Å²) in [5, 5.41) is 0. The van der Waals surface area contributed by atoms with Crippen molar-refractivity contribution in [2.75, 3.05) is 13.1 Å². The van der Waals surface area contributed by atoms with Gasteiger partial charge in [-0.3, -0.25) is 9.69 Å². The normalized spacial score (nSPS) is 18.9. The highest BCUT2D eigenvalue weighted by atomic mass is 19.1. The van der Waals surface area contributed by atoms with Gasteiger partial charge in [-0.2, -0.15) is 0 Å². The van der Waals surface area contributed by atoms with Crippen molar-refractivity contribution in [3.05, 3.63) is 82.4 Å². The summed E-state index contributed by atoms with van der Waals surface area (Å²) in [6.45, 7) is 5.27. The van der Waals surface area contributed by atoms with E-state index in [-0.39, 0.29) is 23.5 Å². The number of likely N-dealkylation sites (tertiary alicyclic amines) is 1. The third kappa shape index (κ3) is 4.33. The summed E-state index contributed by atoms with van der Waals surface area (Å²) in [6.07, 6.45) is 3.63. The Morgan fingerprint density at radius 3 is 1.54 bits per heavy atom. The molecule has 1 fully saturated rings. The van der Waals surface area contributed by atoms with Gasteiger partial charge in [0, 0.05) is 30.3 Å². The summed E-state index contributed by atoms with van der Waals surface area (Å²) in [7, 11) is 0. The second-order valence-corrected chi connectivity index (χ2v) is 6.77. The van der Waals surface area contributed by atoms with E-state index >= 15 is 0 Å². The number of rotatable bonds is 3. The van der Waals surface area contributed by atoms with Gasteiger partial charge < -0.3 is 0 Å². The molecule has 2 aromatic carbocycles. The number of halogens is 2. The van der Waals surface area contributed by atoms with Crippen molar-refractivity contribution >= 4 is 17.9 Å². The average Bonchev–Trinajstić information content (AvgIpc) is 2.62. The van der Waals surface area contributed by atoms with Crippen molar-refractivity contribution in [2.24, 2.45) is 0 Å². The summed E-state index contributed by atoms with van der Waals surface area (Å²) in [4.78, 5) is 15.1. The number of hydrogen-bond donors (Lipinski definition) is 0. The molecule has 0 saturated carbocycles. The number of carbonyl (C=O) groups is 1. The van der Waals surface area contributed by atoms with E-state index in [4.69, 9.17) is 0 Å². The molecule has 0 atom stereocenters. The van der Waals surface area contributed by atoms with Crippen molar-refractivity contribution in [1.29, 1.82) is 0 Å². The largest absolute Gasteiger partial charge is 0.292 e. The highest BCUT2D eigenvalue weighted by Gasteiger charge is 2.27. The fourth-order valence-electron chi connectivity index (χ4n) is 2.95. The number of benzene rings is 2. The van der Waals surface area contributed by atoms with E-state index in [2.05, 4.69) is 18.7 Å². The van der Waals surface area contributed by atoms with Crippen LogP contribution in [-0.4, -0.2) is 29.8 Å². The first-order chi connectivity index (χ1) is 12.4. The second-order valence-electron chi connectivity index (χ2n) is 6.77. The SMILES string of the molecule is CC(C)N1C/C(=C/c2ccc(F)cc2)C(=O)/C(=C/c2ccc(F)cc2)C1. The van der Waals surface area contributed by atoms with Crippen LogP contribution in [0.4, 0.5) is 8.78 Å². The predicted molar refractivity (Wildman–Crippen MR) is 100 cm³/mol. The fourth-order valence-corrected chi connectivity index (χ4v) is 2.95. The molecule has 0 amide bonds. The molecular formula is C22H21F2NO. The van der Waals surface area contributed by atoms with E-state index in [1.165, 1.54) is 24.3 Å². The first-order valence-electron chi connectivity index (χ1n) is 8.63. The highest BCUT2D eigenvalue weighted by molar-refractivity contribution is 6.14. The third-order valence-corrected chi connectivity index (χ3v) is 4.48. The van der Waals surface area contributed by atoms with E-state index in [9.17, 15) is 13.6 Å². The van der Waals surface area contributed by atoms with Gasteiger partial charge in [0.05, 0.1) is 0 Å². The molecule has 0 spiro atoms. The molecule has 2 aromatic rings. The highest BCUT2D eigenvalue weighted by Crippen LogP contribution is 2.23. The van der Waals surface area contributed by atoms with Gasteiger partial charge in [-0.05, 0) is 61.4 Å². The number of ketones is 1. The van der Waals surface area contributed by atoms with Gasteiger partial charge in [0.15, 0.2) is 5.78 Å². The molecule has 26 heavy (non-hydrogen) atoms. The van der Waals surface area contributed by atoms with Crippen molar-refractivity contribution in [2.45, 2.75) is 19.9 Å². The Labute approximate surface area is 152 Å². The molecule has 1 heterocycles. The minimum absolute atomic E-state index is 0.0180. The van der Waals surface area contributed by atoms with Crippen molar-refractivity contribution in [3.63, 3.8) is 0 Å². The average molecular weight is 353 g/mol. The molecule has 1 saturated heterocycles. The molecule has 0 radical (unpaired) electrons. The molecule has 0 N–H and O–H groups in total. The lowest BCUT2D eigenvalue weighted by atomic mass is 9.93. The second kappa shape index (κ2) is 7.75. The Balaban J connectivity index is 1.95. The fraction of sp³-hybridized carbons (Fsp3) is 0.227. The Morgan fingerprint density at radius 2 is 1.19 bits per heavy atom. The van der Waals surface area contributed by atoms with Gasteiger partial charge in [-0.1, -0.05) is 24.3 Å². The van der Waals surface area contributed by atoms with E-state index in [1.807, 2.05) is 12.2 Å². The van der Waals surface area contributed by atoms with Crippen LogP contribution in [0.3, 0.4) is 0 Å². The lowest BCUT2D eigenvalue weighted by Crippen LogP contribution is -2.41. The number of nitrogens with zero attached hydrogens (tertiary/aromatic N) is 1. The van der Waals surface area contributed by atoms with Crippen LogP contribution < -0.4 is 0 Å². The summed E-state index contributed by atoms with van der Waals surface area (Å²) in [5.74, 6) is -0.624. The molecule has 134 valence electrons. The molecule has 1 aliphatic heterocycles. The number of hydrogen-bond acceptors (Lipinski definition) is 2. The summed E-state index contributed by atoms with van der Waals surface area (Å²) in [5.41, 5.74) is 2.93. The van der Waals surface area contributed by atoms with E-state index in [1.54, 1.807) is 24.3 Å². The monoisotopic (exact) mass is 353 g/mol. The van der Waals surface area contributed by atoms with Crippen molar-refractivity contribution < 1.29 is 13.6 Å². The smallest absolute Gasteiger partial charge is 0.187 e. The van der Waals surface area contributed by atoms with E-state index < -0.39 is 0 Å². The topological polar surface area (TPSA) is 20.3 Å². The molecule has 4 heteroatoms. The maximum absolute atomic E-state index is 13.1. The first kappa shape index (κ1) is 18.2. The van der Waals surface area contributed by atoms with Crippen LogP contribution in [0.1, 0.15) is 25.0 Å². The molecule has 0 bridgehead atoms. The maximum atomic E-state index is 13.1. The number of carbonyl (C=O) groups excluding carboxylic acids is 1. The molecular weight excluding hydrogens is 332 g/mol. The predicted octanol–water partition coefficient (Wildman–Crippen LogP) is 4.72. The number of Topliss-reactive ketones (excluding diaryl/α,β-unsaturated/α-hetero) is 1. The van der Waals surface area contributed by atoms with E-state index in [0.717, 1.165) is 11.1 Å². The zero-order valence-electron chi connectivity index (χ0n) is 14.9. The Kier molecular flexibility index (Phi) is 5.43. The maximum Gasteiger partial charge on any atom is 0.187 e. The zero-order valence-corrected chi connectivity index (χ0v) is 14.9. The van der Waals surface area contributed by atoms with Gasteiger partial charge in [0.2, 0.25) is 0 Å². The lowest BCUT2D eigenvalue weighted by molar-refractivity contribution is -0.113. The molecule has 0 unspecified atom stereocenters. The van der Waals surface area contributed by atoms with Crippen LogP contribution in [-0.2, 0) is 4.79 Å². The lowest BCUT2D eigenvalue weighted by Gasteiger charge is -2.32. The summed E-state index contributed by atoms with van der Waals surface area (Å²) >= 11 is 0. The Bertz CT molecular complexity index is 781. The minimum atomic E-state index is -0.303. The first-order valence-corrected chi connectivity index (χ1v) is 8.63. The Hall–Kier alpha value is -2.59. The van der Waals surface area contributed by atoms with Gasteiger partial charge in [-0.15, -0.1) is 0 Å². The standard InChI is InChI=1S/C22H21F2NO/c1-15(2)25-13-18(11-16-3-7-20(23)8-4-16)22(26)19(14-25)12-17-5-9-21(24)10-6-17/h3-12,15H,13-14H2,1-2H3/b18-11-,19-12+. The van der Waals surface area contributed by atoms with Gasteiger partial charge >= 0.3 is 0 Å². The molecule has 1 aliphatic rings. The van der Waals surface area contributed by atoms with Crippen LogP contribution in [0.25, 0.3) is 12.2 Å². The Morgan fingerprint density at radius 1 is 0.808 bits per heavy atom.